The highest BCUT2D eigenvalue weighted by atomic mass is 19.1. The third kappa shape index (κ3) is 4.89. The zero-order valence-corrected chi connectivity index (χ0v) is 14.6. The highest BCUT2D eigenvalue weighted by molar-refractivity contribution is 5.86. The summed E-state index contributed by atoms with van der Waals surface area (Å²) in [4.78, 5) is 27.4. The van der Waals surface area contributed by atoms with Crippen LogP contribution in [-0.4, -0.2) is 45.9 Å². The van der Waals surface area contributed by atoms with Crippen molar-refractivity contribution in [2.75, 3.05) is 13.1 Å². The van der Waals surface area contributed by atoms with Crippen molar-refractivity contribution in [1.82, 2.24) is 9.80 Å². The van der Waals surface area contributed by atoms with E-state index >= 15 is 0 Å². The first-order valence-corrected chi connectivity index (χ1v) is 8.66. The second-order valence-electron chi connectivity index (χ2n) is 6.61. The molecule has 0 saturated carbocycles. The van der Waals surface area contributed by atoms with Crippen molar-refractivity contribution in [3.8, 4) is 0 Å². The van der Waals surface area contributed by atoms with Gasteiger partial charge in [-0.3, -0.25) is 14.5 Å². The van der Waals surface area contributed by atoms with E-state index in [4.69, 9.17) is 0 Å². The van der Waals surface area contributed by atoms with Crippen LogP contribution in [0, 0.1) is 11.6 Å². The first kappa shape index (κ1) is 19.0. The number of nitrogens with zero attached hydrogens (tertiary/aromatic N) is 2. The van der Waals surface area contributed by atoms with Gasteiger partial charge in [0.2, 0.25) is 5.91 Å². The molecule has 1 unspecified atom stereocenters. The third-order valence-corrected chi connectivity index (χ3v) is 4.59. The molecule has 7 heteroatoms. The zero-order valence-electron chi connectivity index (χ0n) is 14.6. The number of aliphatic carboxylic acids is 1. The number of benzene rings is 2. The number of hydrogen-bond acceptors (Lipinski definition) is 3. The van der Waals surface area contributed by atoms with Gasteiger partial charge in [0.05, 0.1) is 6.42 Å². The van der Waals surface area contributed by atoms with Gasteiger partial charge in [-0.25, -0.2) is 8.78 Å². The van der Waals surface area contributed by atoms with Crippen molar-refractivity contribution in [2.24, 2.45) is 0 Å². The molecular weight excluding hydrogens is 354 g/mol. The van der Waals surface area contributed by atoms with Crippen LogP contribution in [0.3, 0.4) is 0 Å². The van der Waals surface area contributed by atoms with E-state index in [0.717, 1.165) is 11.6 Å². The summed E-state index contributed by atoms with van der Waals surface area (Å²) in [7, 11) is 0. The highest BCUT2D eigenvalue weighted by Gasteiger charge is 2.36. The second kappa shape index (κ2) is 8.26. The van der Waals surface area contributed by atoms with Gasteiger partial charge < -0.3 is 10.0 Å². The molecule has 1 atom stereocenters. The van der Waals surface area contributed by atoms with Crippen LogP contribution >= 0.6 is 0 Å². The van der Waals surface area contributed by atoms with Crippen molar-refractivity contribution >= 4 is 11.9 Å². The van der Waals surface area contributed by atoms with Crippen LogP contribution in [-0.2, 0) is 22.7 Å². The Hall–Kier alpha value is -2.80. The molecule has 142 valence electrons. The number of halogens is 2. The number of carboxylic acid groups (broad SMARTS) is 1. The molecule has 2 aromatic rings. The molecule has 2 aromatic carbocycles. The number of hydrogen-bond donors (Lipinski definition) is 1. The minimum absolute atomic E-state index is 0.0445. The first-order chi connectivity index (χ1) is 12.9. The number of rotatable bonds is 6. The lowest BCUT2D eigenvalue weighted by molar-refractivity contribution is -0.150. The maximum atomic E-state index is 13.4. The van der Waals surface area contributed by atoms with E-state index in [1.54, 1.807) is 0 Å². The lowest BCUT2D eigenvalue weighted by Crippen LogP contribution is -2.56. The average Bonchev–Trinajstić information content (AvgIpc) is 2.60. The lowest BCUT2D eigenvalue weighted by atomic mass is 10.0. The molecule has 1 amide bonds. The number of carbonyl (C=O) groups is 2. The molecule has 1 fully saturated rings. The van der Waals surface area contributed by atoms with Crippen molar-refractivity contribution in [1.29, 1.82) is 0 Å². The normalized spacial score (nSPS) is 17.9. The van der Waals surface area contributed by atoms with Gasteiger partial charge in [-0.15, -0.1) is 0 Å². The number of carbonyl (C=O) groups excluding carboxylic acids is 1. The summed E-state index contributed by atoms with van der Waals surface area (Å²) in [6.07, 6.45) is -0.320. The molecule has 1 N–H and O–H groups in total. The number of piperazine rings is 1. The van der Waals surface area contributed by atoms with Crippen LogP contribution in [0.5, 0.6) is 0 Å². The van der Waals surface area contributed by atoms with Gasteiger partial charge >= 0.3 is 5.97 Å². The SMILES string of the molecule is O=C(O)CC1C(=O)N(Cc2cc(F)cc(F)c2)CCN1Cc1ccccc1. The smallest absolute Gasteiger partial charge is 0.305 e. The molecule has 0 spiro atoms. The molecule has 0 radical (unpaired) electrons. The van der Waals surface area contributed by atoms with E-state index in [1.807, 2.05) is 35.2 Å². The van der Waals surface area contributed by atoms with E-state index in [0.29, 0.717) is 25.2 Å². The second-order valence-corrected chi connectivity index (χ2v) is 6.61. The maximum Gasteiger partial charge on any atom is 0.305 e. The Morgan fingerprint density at radius 3 is 2.30 bits per heavy atom. The maximum absolute atomic E-state index is 13.4. The molecule has 1 aliphatic heterocycles. The zero-order chi connectivity index (χ0) is 19.4. The first-order valence-electron chi connectivity index (χ1n) is 8.66. The van der Waals surface area contributed by atoms with Crippen LogP contribution in [0.4, 0.5) is 8.78 Å². The largest absolute Gasteiger partial charge is 0.481 e. The molecular formula is C20H20F2N2O3. The fraction of sp³-hybridized carbons (Fsp3) is 0.300. The fourth-order valence-corrected chi connectivity index (χ4v) is 3.35. The molecule has 0 aliphatic carbocycles. The molecule has 27 heavy (non-hydrogen) atoms. The van der Waals surface area contributed by atoms with E-state index < -0.39 is 23.6 Å². The van der Waals surface area contributed by atoms with Crippen LogP contribution in [0.2, 0.25) is 0 Å². The van der Waals surface area contributed by atoms with Crippen LogP contribution in [0.25, 0.3) is 0 Å². The molecule has 1 heterocycles. The van der Waals surface area contributed by atoms with Gasteiger partial charge in [-0.2, -0.15) is 0 Å². The van der Waals surface area contributed by atoms with E-state index in [-0.39, 0.29) is 18.9 Å². The highest BCUT2D eigenvalue weighted by Crippen LogP contribution is 2.20. The van der Waals surface area contributed by atoms with Crippen LogP contribution in [0.1, 0.15) is 17.5 Å². The van der Waals surface area contributed by atoms with Gasteiger partial charge in [0.15, 0.2) is 0 Å². The van der Waals surface area contributed by atoms with Gasteiger partial charge in [-0.1, -0.05) is 30.3 Å². The van der Waals surface area contributed by atoms with Crippen molar-refractivity contribution in [3.63, 3.8) is 0 Å². The minimum Gasteiger partial charge on any atom is -0.481 e. The average molecular weight is 374 g/mol. The Kier molecular flexibility index (Phi) is 5.81. The Labute approximate surface area is 155 Å². The van der Waals surface area contributed by atoms with Gasteiger partial charge in [0, 0.05) is 32.2 Å². The number of carboxylic acids is 1. The van der Waals surface area contributed by atoms with Gasteiger partial charge in [0.1, 0.15) is 17.7 Å². The predicted molar refractivity (Wildman–Crippen MR) is 94.7 cm³/mol. The van der Waals surface area contributed by atoms with E-state index in [9.17, 15) is 23.5 Å². The molecule has 0 aromatic heterocycles. The Morgan fingerprint density at radius 1 is 1.00 bits per heavy atom. The fourth-order valence-electron chi connectivity index (χ4n) is 3.35. The summed E-state index contributed by atoms with van der Waals surface area (Å²) in [5.74, 6) is -2.82. The van der Waals surface area contributed by atoms with Crippen molar-refractivity contribution in [3.05, 3.63) is 71.3 Å². The summed E-state index contributed by atoms with van der Waals surface area (Å²) in [6, 6.07) is 11.8. The lowest BCUT2D eigenvalue weighted by Gasteiger charge is -2.40. The monoisotopic (exact) mass is 374 g/mol. The Bertz CT molecular complexity index is 809. The predicted octanol–water partition coefficient (Wildman–Crippen LogP) is 2.65. The van der Waals surface area contributed by atoms with Crippen molar-refractivity contribution < 1.29 is 23.5 Å². The summed E-state index contributed by atoms with van der Waals surface area (Å²) in [5, 5.41) is 9.22. The van der Waals surface area contributed by atoms with Crippen LogP contribution in [0.15, 0.2) is 48.5 Å². The summed E-state index contributed by atoms with van der Waals surface area (Å²) in [6.45, 7) is 1.35. The molecule has 0 bridgehead atoms. The van der Waals surface area contributed by atoms with E-state index in [2.05, 4.69) is 0 Å². The number of amides is 1. The standard InChI is InChI=1S/C20H20F2N2O3/c21-16-8-15(9-17(22)10-16)13-24-7-6-23(12-14-4-2-1-3-5-14)18(20(24)27)11-19(25)26/h1-5,8-10,18H,6-7,11-13H2,(H,25,26). The molecule has 1 saturated heterocycles. The molecule has 3 rings (SSSR count). The Balaban J connectivity index is 1.76. The summed E-state index contributed by atoms with van der Waals surface area (Å²) < 4.78 is 26.8. The topological polar surface area (TPSA) is 60.9 Å². The quantitative estimate of drug-likeness (QED) is 0.845. The molecule has 1 aliphatic rings. The summed E-state index contributed by atoms with van der Waals surface area (Å²) >= 11 is 0. The van der Waals surface area contributed by atoms with E-state index in [1.165, 1.54) is 17.0 Å². The minimum atomic E-state index is -1.06. The van der Waals surface area contributed by atoms with Crippen molar-refractivity contribution in [2.45, 2.75) is 25.6 Å². The van der Waals surface area contributed by atoms with Gasteiger partial charge in [-0.05, 0) is 23.3 Å². The van der Waals surface area contributed by atoms with Gasteiger partial charge in [0.25, 0.3) is 0 Å². The van der Waals surface area contributed by atoms with Crippen LogP contribution < -0.4 is 0 Å². The Morgan fingerprint density at radius 2 is 1.67 bits per heavy atom. The summed E-state index contributed by atoms with van der Waals surface area (Å²) in [5.41, 5.74) is 1.33. The molecule has 5 nitrogen and oxygen atoms in total. The third-order valence-electron chi connectivity index (χ3n) is 4.59.